The molecule has 1 atom stereocenters. The summed E-state index contributed by atoms with van der Waals surface area (Å²) in [6, 6.07) is 18.9. The molecule has 146 valence electrons. The number of nitrogens with one attached hydrogen (secondary N) is 1. The minimum Gasteiger partial charge on any atom is -0.365 e. The fourth-order valence-electron chi connectivity index (χ4n) is 2.79. The molecule has 0 bridgehead atoms. The first-order valence-electron chi connectivity index (χ1n) is 8.60. The van der Waals surface area contributed by atoms with Crippen LogP contribution < -0.4 is 5.32 Å². The van der Waals surface area contributed by atoms with Gasteiger partial charge in [-0.25, -0.2) is 4.98 Å². The van der Waals surface area contributed by atoms with E-state index >= 15 is 0 Å². The molecule has 0 saturated carbocycles. The molecule has 3 nitrogen and oxygen atoms in total. The average molecular weight is 404 g/mol. The van der Waals surface area contributed by atoms with Crippen LogP contribution in [-0.2, 0) is 29.9 Å². The van der Waals surface area contributed by atoms with Gasteiger partial charge in [0.2, 0.25) is 0 Å². The average Bonchev–Trinajstić information content (AvgIpc) is 2.66. The molecular formula is C21H19F3N2OS. The van der Waals surface area contributed by atoms with E-state index in [0.29, 0.717) is 17.0 Å². The molecule has 0 spiro atoms. The van der Waals surface area contributed by atoms with Gasteiger partial charge in [0.1, 0.15) is 5.82 Å². The lowest BCUT2D eigenvalue weighted by molar-refractivity contribution is -0.137. The van der Waals surface area contributed by atoms with E-state index in [4.69, 9.17) is 0 Å². The van der Waals surface area contributed by atoms with Crippen molar-refractivity contribution in [3.63, 3.8) is 0 Å². The number of nitrogens with zero attached hydrogens (tertiary/aromatic N) is 1. The number of alkyl halides is 3. The smallest absolute Gasteiger partial charge is 0.365 e. The molecule has 0 saturated heterocycles. The number of rotatable bonds is 6. The van der Waals surface area contributed by atoms with Gasteiger partial charge in [-0.3, -0.25) is 4.21 Å². The van der Waals surface area contributed by atoms with Gasteiger partial charge >= 0.3 is 6.18 Å². The zero-order valence-electron chi connectivity index (χ0n) is 15.2. The molecule has 0 radical (unpaired) electrons. The molecular weight excluding hydrogens is 385 g/mol. The minimum absolute atomic E-state index is 0.149. The topological polar surface area (TPSA) is 42.0 Å². The Hall–Kier alpha value is -2.67. The van der Waals surface area contributed by atoms with Gasteiger partial charge in [-0.15, -0.1) is 0 Å². The van der Waals surface area contributed by atoms with Crippen LogP contribution in [0.25, 0.3) is 0 Å². The van der Waals surface area contributed by atoms with Crippen LogP contribution in [0.5, 0.6) is 0 Å². The highest BCUT2D eigenvalue weighted by atomic mass is 32.2. The van der Waals surface area contributed by atoms with E-state index in [0.717, 1.165) is 17.2 Å². The largest absolute Gasteiger partial charge is 0.419 e. The summed E-state index contributed by atoms with van der Waals surface area (Å²) in [6.45, 7) is 0.149. The van der Waals surface area contributed by atoms with Crippen molar-refractivity contribution < 1.29 is 17.4 Å². The zero-order chi connectivity index (χ0) is 20.1. The third-order valence-electron chi connectivity index (χ3n) is 4.18. The van der Waals surface area contributed by atoms with Crippen LogP contribution in [0.15, 0.2) is 71.6 Å². The Bertz CT molecular complexity index is 975. The van der Waals surface area contributed by atoms with Crippen molar-refractivity contribution >= 4 is 16.6 Å². The maximum atomic E-state index is 13.4. The third-order valence-corrected chi connectivity index (χ3v) is 5.09. The molecule has 1 aromatic heterocycles. The van der Waals surface area contributed by atoms with E-state index in [1.165, 1.54) is 6.07 Å². The third kappa shape index (κ3) is 5.19. The van der Waals surface area contributed by atoms with E-state index in [1.54, 1.807) is 30.5 Å². The van der Waals surface area contributed by atoms with E-state index in [2.05, 4.69) is 10.3 Å². The van der Waals surface area contributed by atoms with E-state index in [-0.39, 0.29) is 12.4 Å². The first kappa shape index (κ1) is 20.1. The van der Waals surface area contributed by atoms with Crippen molar-refractivity contribution in [2.45, 2.75) is 24.0 Å². The zero-order valence-corrected chi connectivity index (χ0v) is 16.0. The molecule has 7 heteroatoms. The van der Waals surface area contributed by atoms with Crippen LogP contribution in [0.2, 0.25) is 0 Å². The second-order valence-corrected chi connectivity index (χ2v) is 7.69. The molecule has 3 aromatic rings. The highest BCUT2D eigenvalue weighted by Gasteiger charge is 2.34. The number of pyridine rings is 1. The number of aromatic nitrogens is 1. The Morgan fingerprint density at radius 3 is 2.36 bits per heavy atom. The lowest BCUT2D eigenvalue weighted by Crippen LogP contribution is -2.13. The van der Waals surface area contributed by atoms with Gasteiger partial charge < -0.3 is 5.32 Å². The fourth-order valence-corrected chi connectivity index (χ4v) is 3.37. The summed E-state index contributed by atoms with van der Waals surface area (Å²) >= 11 is 0. The first-order chi connectivity index (χ1) is 13.3. The second kappa shape index (κ2) is 8.56. The van der Waals surface area contributed by atoms with E-state index in [1.807, 2.05) is 30.3 Å². The Labute approximate surface area is 164 Å². The summed E-state index contributed by atoms with van der Waals surface area (Å²) in [5.74, 6) is -0.205. The summed E-state index contributed by atoms with van der Waals surface area (Å²) in [5, 5.41) is 2.80. The highest BCUT2D eigenvalue weighted by Crippen LogP contribution is 2.34. The molecule has 0 aliphatic carbocycles. The van der Waals surface area contributed by atoms with Gasteiger partial charge in [0.25, 0.3) is 0 Å². The van der Waals surface area contributed by atoms with Crippen molar-refractivity contribution in [2.75, 3.05) is 11.6 Å². The molecule has 1 N–H and O–H groups in total. The molecule has 0 fully saturated rings. The molecule has 1 unspecified atom stereocenters. The highest BCUT2D eigenvalue weighted by molar-refractivity contribution is 7.84. The minimum atomic E-state index is -4.51. The van der Waals surface area contributed by atoms with Gasteiger partial charge in [0.15, 0.2) is 0 Å². The van der Waals surface area contributed by atoms with Gasteiger partial charge in [0, 0.05) is 40.6 Å². The van der Waals surface area contributed by atoms with Gasteiger partial charge in [-0.1, -0.05) is 42.5 Å². The van der Waals surface area contributed by atoms with Crippen LogP contribution in [0.1, 0.15) is 22.4 Å². The van der Waals surface area contributed by atoms with E-state index < -0.39 is 22.5 Å². The molecule has 0 aliphatic rings. The Kier molecular flexibility index (Phi) is 6.14. The van der Waals surface area contributed by atoms with Gasteiger partial charge in [0.05, 0.1) is 5.56 Å². The lowest BCUT2D eigenvalue weighted by atomic mass is 10.1. The van der Waals surface area contributed by atoms with Crippen LogP contribution in [-0.4, -0.2) is 15.4 Å². The van der Waals surface area contributed by atoms with Crippen molar-refractivity contribution in [2.24, 2.45) is 0 Å². The quantitative estimate of drug-likeness (QED) is 0.626. The van der Waals surface area contributed by atoms with Crippen molar-refractivity contribution in [3.8, 4) is 0 Å². The number of benzene rings is 2. The molecule has 0 amide bonds. The first-order valence-corrected chi connectivity index (χ1v) is 10.2. The normalized spacial score (nSPS) is 12.6. The number of halogens is 3. The maximum Gasteiger partial charge on any atom is 0.419 e. The summed E-state index contributed by atoms with van der Waals surface area (Å²) < 4.78 is 51.8. The number of anilines is 1. The standard InChI is InChI=1S/C21H19F3N2OS/c1-28(27)18-9-5-8-16(13-18)14-25-20-19(21(22,23)24)11-10-17(26-20)12-15-6-3-2-4-7-15/h2-11,13H,12,14H2,1H3,(H,25,26). The van der Waals surface area contributed by atoms with Crippen LogP contribution >= 0.6 is 0 Å². The SMILES string of the molecule is CS(=O)c1cccc(CNc2nc(Cc3ccccc3)ccc2C(F)(F)F)c1. The maximum absolute atomic E-state index is 13.4. The van der Waals surface area contributed by atoms with Crippen LogP contribution in [0.4, 0.5) is 19.0 Å². The number of hydrogen-bond acceptors (Lipinski definition) is 3. The van der Waals surface area contributed by atoms with Crippen LogP contribution in [0.3, 0.4) is 0 Å². The Morgan fingerprint density at radius 1 is 0.964 bits per heavy atom. The molecule has 28 heavy (non-hydrogen) atoms. The molecule has 0 aliphatic heterocycles. The van der Waals surface area contributed by atoms with Gasteiger partial charge in [-0.2, -0.15) is 13.2 Å². The molecule has 1 heterocycles. The fraction of sp³-hybridized carbons (Fsp3) is 0.190. The Balaban J connectivity index is 1.85. The molecule has 2 aromatic carbocycles. The van der Waals surface area contributed by atoms with Crippen LogP contribution in [0, 0.1) is 0 Å². The predicted octanol–water partition coefficient (Wildman–Crippen LogP) is 5.04. The van der Waals surface area contributed by atoms with E-state index in [9.17, 15) is 17.4 Å². The van der Waals surface area contributed by atoms with Crippen molar-refractivity contribution in [3.05, 3.63) is 89.1 Å². The number of hydrogen-bond donors (Lipinski definition) is 1. The summed E-state index contributed by atoms with van der Waals surface area (Å²) in [4.78, 5) is 4.84. The van der Waals surface area contributed by atoms with Gasteiger partial charge in [-0.05, 0) is 35.4 Å². The predicted molar refractivity (Wildman–Crippen MR) is 105 cm³/mol. The monoisotopic (exact) mass is 404 g/mol. The second-order valence-electron chi connectivity index (χ2n) is 6.31. The van der Waals surface area contributed by atoms with Crippen molar-refractivity contribution in [1.82, 2.24) is 4.98 Å². The summed E-state index contributed by atoms with van der Waals surface area (Å²) in [7, 11) is -1.16. The summed E-state index contributed by atoms with van der Waals surface area (Å²) in [6.07, 6.45) is -2.51. The Morgan fingerprint density at radius 2 is 1.68 bits per heavy atom. The molecule has 3 rings (SSSR count). The van der Waals surface area contributed by atoms with Crippen molar-refractivity contribution in [1.29, 1.82) is 0 Å². The lowest BCUT2D eigenvalue weighted by Gasteiger charge is -2.15. The summed E-state index contributed by atoms with van der Waals surface area (Å²) in [5.41, 5.74) is 1.44.